The van der Waals surface area contributed by atoms with Crippen molar-refractivity contribution in [2.75, 3.05) is 12.4 Å². The zero-order valence-corrected chi connectivity index (χ0v) is 16.6. The highest BCUT2D eigenvalue weighted by molar-refractivity contribution is 14.2. The molecule has 0 amide bonds. The standard InChI is InChI=1S/C17H21IO4S/c1-4-13-12(3)15-10-21-22-17(15)16(20-7-8-23-18)14(13)6-5-11(2)9-19/h5,9H,4,6-8,10H2,1-3H3/b11-5+. The quantitative estimate of drug-likeness (QED) is 0.192. The molecule has 0 fully saturated rings. The number of fused-ring (bicyclic) bond motifs is 1. The first kappa shape index (κ1) is 18.6. The molecule has 1 heterocycles. The van der Waals surface area contributed by atoms with Gasteiger partial charge in [0.05, 0.1) is 6.61 Å². The fraction of sp³-hybridized carbons (Fsp3) is 0.471. The third-order valence-electron chi connectivity index (χ3n) is 3.94. The summed E-state index contributed by atoms with van der Waals surface area (Å²) < 4.78 is 6.04. The van der Waals surface area contributed by atoms with Gasteiger partial charge in [-0.3, -0.25) is 4.79 Å². The van der Waals surface area contributed by atoms with Crippen LogP contribution in [0, 0.1) is 6.92 Å². The number of ether oxygens (including phenoxy) is 1. The van der Waals surface area contributed by atoms with Crippen molar-refractivity contribution < 1.29 is 19.3 Å². The number of rotatable bonds is 8. The Morgan fingerprint density at radius 1 is 1.43 bits per heavy atom. The lowest BCUT2D eigenvalue weighted by Crippen LogP contribution is -2.08. The van der Waals surface area contributed by atoms with E-state index in [-0.39, 0.29) is 0 Å². The average Bonchev–Trinajstić information content (AvgIpc) is 3.04. The minimum Gasteiger partial charge on any atom is -0.488 e. The number of carbonyl (C=O) groups excluding carboxylic acids is 1. The highest BCUT2D eigenvalue weighted by atomic mass is 127. The Morgan fingerprint density at radius 2 is 2.22 bits per heavy atom. The number of carbonyl (C=O) groups is 1. The van der Waals surface area contributed by atoms with Crippen molar-refractivity contribution in [1.29, 1.82) is 0 Å². The number of hydrogen-bond donors (Lipinski definition) is 0. The fourth-order valence-corrected chi connectivity index (χ4v) is 3.42. The molecule has 0 aromatic heterocycles. The molecule has 23 heavy (non-hydrogen) atoms. The van der Waals surface area contributed by atoms with Crippen LogP contribution in [0.15, 0.2) is 11.6 Å². The number of aldehydes is 1. The van der Waals surface area contributed by atoms with Gasteiger partial charge in [0, 0.05) is 16.9 Å². The van der Waals surface area contributed by atoms with Crippen molar-refractivity contribution in [3.8, 4) is 11.5 Å². The minimum absolute atomic E-state index is 0.453. The molecule has 1 aromatic rings. The van der Waals surface area contributed by atoms with E-state index in [0.717, 1.165) is 40.9 Å². The highest BCUT2D eigenvalue weighted by Gasteiger charge is 2.28. The smallest absolute Gasteiger partial charge is 0.213 e. The Morgan fingerprint density at radius 3 is 2.87 bits per heavy atom. The Hall–Kier alpha value is -0.730. The van der Waals surface area contributed by atoms with Gasteiger partial charge in [-0.05, 0) is 64.6 Å². The number of benzene rings is 1. The van der Waals surface area contributed by atoms with Gasteiger partial charge in [-0.25, -0.2) is 0 Å². The highest BCUT2D eigenvalue weighted by Crippen LogP contribution is 2.44. The van der Waals surface area contributed by atoms with Gasteiger partial charge in [-0.1, -0.05) is 21.9 Å². The first-order chi connectivity index (χ1) is 11.1. The Kier molecular flexibility index (Phi) is 7.23. The molecule has 0 bridgehead atoms. The third-order valence-corrected chi connectivity index (χ3v) is 5.59. The van der Waals surface area contributed by atoms with Gasteiger partial charge >= 0.3 is 0 Å². The maximum Gasteiger partial charge on any atom is 0.213 e. The van der Waals surface area contributed by atoms with Crippen molar-refractivity contribution in [3.05, 3.63) is 33.9 Å². The molecule has 4 nitrogen and oxygen atoms in total. The van der Waals surface area contributed by atoms with E-state index in [1.54, 1.807) is 8.93 Å². The van der Waals surface area contributed by atoms with Crippen LogP contribution in [0.3, 0.4) is 0 Å². The number of hydrogen-bond acceptors (Lipinski definition) is 5. The Labute approximate surface area is 153 Å². The Bertz CT molecular complexity index is 613. The third kappa shape index (κ3) is 4.22. The van der Waals surface area contributed by atoms with Crippen LogP contribution in [0.4, 0.5) is 0 Å². The summed E-state index contributed by atoms with van der Waals surface area (Å²) in [6.45, 7) is 7.11. The van der Waals surface area contributed by atoms with E-state index in [1.807, 2.05) is 13.0 Å². The second-order valence-corrected chi connectivity index (χ2v) is 7.84. The molecule has 6 heteroatoms. The summed E-state index contributed by atoms with van der Waals surface area (Å²) in [6, 6.07) is 0. The van der Waals surface area contributed by atoms with Gasteiger partial charge in [-0.2, -0.15) is 4.89 Å². The molecular formula is C17H21IO4S. The normalized spacial score (nSPS) is 13.7. The molecule has 1 aliphatic heterocycles. The van der Waals surface area contributed by atoms with Crippen LogP contribution in [0.25, 0.3) is 0 Å². The summed E-state index contributed by atoms with van der Waals surface area (Å²) in [5.41, 5.74) is 5.33. The van der Waals surface area contributed by atoms with Crippen LogP contribution in [-0.4, -0.2) is 18.6 Å². The molecule has 0 saturated carbocycles. The predicted molar refractivity (Wildman–Crippen MR) is 101 cm³/mol. The van der Waals surface area contributed by atoms with Crippen molar-refractivity contribution >= 4 is 36.4 Å². The number of halogens is 1. The van der Waals surface area contributed by atoms with Crippen LogP contribution >= 0.6 is 30.1 Å². The molecule has 0 aliphatic carbocycles. The van der Waals surface area contributed by atoms with Gasteiger partial charge < -0.3 is 9.62 Å². The summed E-state index contributed by atoms with van der Waals surface area (Å²) in [7, 11) is 1.71. The maximum atomic E-state index is 10.9. The molecule has 0 spiro atoms. The van der Waals surface area contributed by atoms with Gasteiger partial charge in [-0.15, -0.1) is 0 Å². The van der Waals surface area contributed by atoms with E-state index < -0.39 is 0 Å². The lowest BCUT2D eigenvalue weighted by Gasteiger charge is -2.19. The lowest BCUT2D eigenvalue weighted by molar-refractivity contribution is -0.195. The van der Waals surface area contributed by atoms with E-state index in [2.05, 4.69) is 35.1 Å². The van der Waals surface area contributed by atoms with Gasteiger partial charge in [0.2, 0.25) is 5.75 Å². The first-order valence-electron chi connectivity index (χ1n) is 7.58. The largest absolute Gasteiger partial charge is 0.488 e. The van der Waals surface area contributed by atoms with Crippen molar-refractivity contribution in [1.82, 2.24) is 0 Å². The van der Waals surface area contributed by atoms with Gasteiger partial charge in [0.25, 0.3) is 0 Å². The molecule has 0 saturated heterocycles. The second-order valence-electron chi connectivity index (χ2n) is 5.35. The molecule has 126 valence electrons. The summed E-state index contributed by atoms with van der Waals surface area (Å²) in [5.74, 6) is 2.36. The van der Waals surface area contributed by atoms with Gasteiger partial charge in [0.1, 0.15) is 12.9 Å². The molecule has 2 rings (SSSR count). The molecular weight excluding hydrogens is 427 g/mol. The molecule has 0 atom stereocenters. The zero-order chi connectivity index (χ0) is 16.8. The van der Waals surface area contributed by atoms with E-state index in [1.165, 1.54) is 11.1 Å². The molecule has 1 aliphatic rings. The second kappa shape index (κ2) is 8.94. The van der Waals surface area contributed by atoms with Crippen LogP contribution < -0.4 is 9.62 Å². The van der Waals surface area contributed by atoms with E-state index in [9.17, 15) is 4.79 Å². The number of allylic oxidation sites excluding steroid dienone is 2. The fourth-order valence-electron chi connectivity index (χ4n) is 2.73. The maximum absolute atomic E-state index is 10.9. The van der Waals surface area contributed by atoms with Crippen LogP contribution in [0.2, 0.25) is 0 Å². The van der Waals surface area contributed by atoms with Gasteiger partial charge in [0.15, 0.2) is 5.75 Å². The molecule has 0 unspecified atom stereocenters. The molecule has 0 radical (unpaired) electrons. The predicted octanol–water partition coefficient (Wildman–Crippen LogP) is 4.53. The first-order valence-corrected chi connectivity index (χ1v) is 11.1. The van der Waals surface area contributed by atoms with Crippen molar-refractivity contribution in [2.45, 2.75) is 40.2 Å². The van der Waals surface area contributed by atoms with Crippen LogP contribution in [0.5, 0.6) is 11.5 Å². The SMILES string of the molecule is CCc1c(C)c2c(c(OCCSI)c1C/C=C(\C)C=O)OOC2. The van der Waals surface area contributed by atoms with Crippen molar-refractivity contribution in [2.24, 2.45) is 0 Å². The monoisotopic (exact) mass is 448 g/mol. The minimum atomic E-state index is 0.453. The van der Waals surface area contributed by atoms with Crippen LogP contribution in [-0.2, 0) is 29.1 Å². The summed E-state index contributed by atoms with van der Waals surface area (Å²) in [6.07, 6.45) is 4.36. The summed E-state index contributed by atoms with van der Waals surface area (Å²) >= 11 is 2.26. The van der Waals surface area contributed by atoms with Crippen molar-refractivity contribution in [3.63, 3.8) is 0 Å². The van der Waals surface area contributed by atoms with Crippen LogP contribution in [0.1, 0.15) is 36.1 Å². The van der Waals surface area contributed by atoms with E-state index in [0.29, 0.717) is 25.4 Å². The summed E-state index contributed by atoms with van der Waals surface area (Å²) in [4.78, 5) is 21.5. The Balaban J connectivity index is 2.50. The molecule has 1 aromatic carbocycles. The average molecular weight is 448 g/mol. The topological polar surface area (TPSA) is 44.8 Å². The molecule has 0 N–H and O–H groups in total. The van der Waals surface area contributed by atoms with E-state index >= 15 is 0 Å². The summed E-state index contributed by atoms with van der Waals surface area (Å²) in [5, 5.41) is 0. The lowest BCUT2D eigenvalue weighted by atomic mass is 9.91. The van der Waals surface area contributed by atoms with E-state index in [4.69, 9.17) is 14.5 Å². The zero-order valence-electron chi connectivity index (χ0n) is 13.6.